The number of aromatic carboxylic acids is 1. The van der Waals surface area contributed by atoms with E-state index >= 15 is 0 Å². The fourth-order valence-electron chi connectivity index (χ4n) is 3.45. The maximum absolute atomic E-state index is 12.4. The predicted octanol–water partition coefficient (Wildman–Crippen LogP) is 7.02. The lowest BCUT2D eigenvalue weighted by Gasteiger charge is -2.17. The van der Waals surface area contributed by atoms with Gasteiger partial charge in [-0.3, -0.25) is 0 Å². The van der Waals surface area contributed by atoms with Crippen molar-refractivity contribution in [2.45, 2.75) is 103 Å². The number of ether oxygens (including phenoxy) is 1. The zero-order valence-corrected chi connectivity index (χ0v) is 17.8. The zero-order valence-electron chi connectivity index (χ0n) is 17.8. The molecule has 0 aromatic heterocycles. The van der Waals surface area contributed by atoms with E-state index in [1.807, 2.05) is 6.92 Å². The van der Waals surface area contributed by atoms with Gasteiger partial charge in [-0.05, 0) is 31.4 Å². The van der Waals surface area contributed by atoms with Gasteiger partial charge in [-0.1, -0.05) is 90.2 Å². The second-order valence-electron chi connectivity index (χ2n) is 7.61. The Labute approximate surface area is 170 Å². The van der Waals surface area contributed by atoms with Crippen LogP contribution in [0.4, 0.5) is 0 Å². The van der Waals surface area contributed by atoms with Crippen molar-refractivity contribution in [2.24, 2.45) is 0 Å². The fourth-order valence-corrected chi connectivity index (χ4v) is 3.45. The fraction of sp³-hybridized carbons (Fsp3) is 0.667. The van der Waals surface area contributed by atoms with E-state index in [0.29, 0.717) is 0 Å². The van der Waals surface area contributed by atoms with Crippen molar-refractivity contribution in [1.29, 1.82) is 0 Å². The lowest BCUT2D eigenvalue weighted by atomic mass is 10.0. The topological polar surface area (TPSA) is 63.6 Å². The molecule has 1 aromatic carbocycles. The standard InChI is InChI=1S/C24H38O4/c1-3-5-6-7-8-9-10-11-12-13-14-17-20(4-2)28-24(27)22-19-16-15-18-21(22)23(25)26/h15-16,18-20H,3-14,17H2,1-2H3,(H,25,26)/t20-/m0/s1. The van der Waals surface area contributed by atoms with E-state index in [1.54, 1.807) is 12.1 Å². The molecule has 1 rings (SSSR count). The summed E-state index contributed by atoms with van der Waals surface area (Å²) in [5, 5.41) is 9.21. The number of hydrogen-bond donors (Lipinski definition) is 1. The molecule has 1 atom stereocenters. The van der Waals surface area contributed by atoms with Crippen molar-refractivity contribution in [3.05, 3.63) is 35.4 Å². The molecule has 0 aliphatic heterocycles. The molecule has 0 fully saturated rings. The van der Waals surface area contributed by atoms with Crippen LogP contribution in [0, 0.1) is 0 Å². The van der Waals surface area contributed by atoms with Crippen LogP contribution in [0.5, 0.6) is 0 Å². The number of carbonyl (C=O) groups excluding carboxylic acids is 1. The zero-order chi connectivity index (χ0) is 20.6. The molecule has 0 saturated carbocycles. The quantitative estimate of drug-likeness (QED) is 0.243. The molecule has 4 heteroatoms. The number of benzene rings is 1. The Morgan fingerprint density at radius 3 is 1.82 bits per heavy atom. The van der Waals surface area contributed by atoms with Gasteiger partial charge in [0.1, 0.15) is 6.10 Å². The highest BCUT2D eigenvalue weighted by molar-refractivity contribution is 6.02. The molecule has 0 unspecified atom stereocenters. The normalized spacial score (nSPS) is 11.9. The molecule has 0 radical (unpaired) electrons. The highest BCUT2D eigenvalue weighted by Gasteiger charge is 2.20. The lowest BCUT2D eigenvalue weighted by molar-refractivity contribution is 0.0262. The Kier molecular flexibility index (Phi) is 13.1. The summed E-state index contributed by atoms with van der Waals surface area (Å²) in [4.78, 5) is 23.6. The molecule has 1 N–H and O–H groups in total. The summed E-state index contributed by atoms with van der Waals surface area (Å²) < 4.78 is 5.57. The molecule has 1 aromatic rings. The third kappa shape index (κ3) is 9.91. The van der Waals surface area contributed by atoms with E-state index in [9.17, 15) is 14.7 Å². The third-order valence-electron chi connectivity index (χ3n) is 5.24. The molecule has 4 nitrogen and oxygen atoms in total. The number of carboxylic acid groups (broad SMARTS) is 1. The Hall–Kier alpha value is -1.84. The van der Waals surface area contributed by atoms with Crippen molar-refractivity contribution in [1.82, 2.24) is 0 Å². The maximum atomic E-state index is 12.4. The minimum atomic E-state index is -1.11. The molecular formula is C24H38O4. The minimum absolute atomic E-state index is 0.00273. The summed E-state index contributed by atoms with van der Waals surface area (Å²) in [6, 6.07) is 6.22. The van der Waals surface area contributed by atoms with Gasteiger partial charge in [-0.15, -0.1) is 0 Å². The smallest absolute Gasteiger partial charge is 0.339 e. The molecular weight excluding hydrogens is 352 g/mol. The van der Waals surface area contributed by atoms with Gasteiger partial charge in [0.15, 0.2) is 0 Å². The Morgan fingerprint density at radius 1 is 0.821 bits per heavy atom. The van der Waals surface area contributed by atoms with Crippen LogP contribution in [0.1, 0.15) is 118 Å². The van der Waals surface area contributed by atoms with Crippen LogP contribution in [0.15, 0.2) is 24.3 Å². The first kappa shape index (κ1) is 24.2. The highest BCUT2D eigenvalue weighted by Crippen LogP contribution is 2.17. The minimum Gasteiger partial charge on any atom is -0.478 e. The molecule has 158 valence electrons. The van der Waals surface area contributed by atoms with Gasteiger partial charge in [0.2, 0.25) is 0 Å². The molecule has 0 aliphatic rings. The van der Waals surface area contributed by atoms with Crippen molar-refractivity contribution in [3.63, 3.8) is 0 Å². The highest BCUT2D eigenvalue weighted by atomic mass is 16.5. The van der Waals surface area contributed by atoms with Gasteiger partial charge in [0.25, 0.3) is 0 Å². The van der Waals surface area contributed by atoms with E-state index < -0.39 is 11.9 Å². The number of rotatable bonds is 16. The first-order valence-electron chi connectivity index (χ1n) is 11.1. The molecule has 0 amide bonds. The SMILES string of the molecule is CCCCCCCCCCCCC[C@H](CC)OC(=O)c1ccccc1C(=O)O. The summed E-state index contributed by atoms with van der Waals surface area (Å²) in [5.74, 6) is -1.64. The largest absolute Gasteiger partial charge is 0.478 e. The van der Waals surface area contributed by atoms with Crippen LogP contribution < -0.4 is 0 Å². The number of unbranched alkanes of at least 4 members (excludes halogenated alkanes) is 10. The second kappa shape index (κ2) is 15.1. The monoisotopic (exact) mass is 390 g/mol. The van der Waals surface area contributed by atoms with Crippen LogP contribution in [0.2, 0.25) is 0 Å². The van der Waals surface area contributed by atoms with Gasteiger partial charge in [-0.2, -0.15) is 0 Å². The van der Waals surface area contributed by atoms with Gasteiger partial charge in [0, 0.05) is 0 Å². The first-order chi connectivity index (χ1) is 13.6. The maximum Gasteiger partial charge on any atom is 0.339 e. The summed E-state index contributed by atoms with van der Waals surface area (Å²) in [6.07, 6.45) is 15.6. The van der Waals surface area contributed by atoms with Crippen molar-refractivity contribution >= 4 is 11.9 Å². The average Bonchev–Trinajstić information content (AvgIpc) is 2.70. The third-order valence-corrected chi connectivity index (χ3v) is 5.24. The van der Waals surface area contributed by atoms with Crippen LogP contribution in [-0.4, -0.2) is 23.1 Å². The van der Waals surface area contributed by atoms with Crippen LogP contribution in [-0.2, 0) is 4.74 Å². The summed E-state index contributed by atoms with van der Waals surface area (Å²) >= 11 is 0. The lowest BCUT2D eigenvalue weighted by Crippen LogP contribution is -2.19. The Balaban J connectivity index is 2.20. The van der Waals surface area contributed by atoms with E-state index in [-0.39, 0.29) is 17.2 Å². The van der Waals surface area contributed by atoms with Crippen molar-refractivity contribution < 1.29 is 19.4 Å². The van der Waals surface area contributed by atoms with Crippen LogP contribution in [0.25, 0.3) is 0 Å². The Morgan fingerprint density at radius 2 is 1.32 bits per heavy atom. The molecule has 0 aliphatic carbocycles. The van der Waals surface area contributed by atoms with Gasteiger partial charge >= 0.3 is 11.9 Å². The van der Waals surface area contributed by atoms with Crippen molar-refractivity contribution in [2.75, 3.05) is 0 Å². The van der Waals surface area contributed by atoms with E-state index in [1.165, 1.54) is 69.9 Å². The summed E-state index contributed by atoms with van der Waals surface area (Å²) in [5.41, 5.74) is 0.129. The average molecular weight is 391 g/mol. The van der Waals surface area contributed by atoms with Gasteiger partial charge in [-0.25, -0.2) is 9.59 Å². The number of carboxylic acids is 1. The number of carbonyl (C=O) groups is 2. The molecule has 28 heavy (non-hydrogen) atoms. The van der Waals surface area contributed by atoms with Crippen molar-refractivity contribution in [3.8, 4) is 0 Å². The van der Waals surface area contributed by atoms with E-state index in [4.69, 9.17) is 4.74 Å². The Bertz CT molecular complexity index is 567. The predicted molar refractivity (Wildman–Crippen MR) is 114 cm³/mol. The second-order valence-corrected chi connectivity index (χ2v) is 7.61. The molecule has 0 bridgehead atoms. The number of esters is 1. The molecule has 0 saturated heterocycles. The van der Waals surface area contributed by atoms with Gasteiger partial charge < -0.3 is 9.84 Å². The van der Waals surface area contributed by atoms with Gasteiger partial charge in [0.05, 0.1) is 11.1 Å². The first-order valence-corrected chi connectivity index (χ1v) is 11.1. The van der Waals surface area contributed by atoms with Crippen LogP contribution >= 0.6 is 0 Å². The molecule has 0 spiro atoms. The molecule has 0 heterocycles. The van der Waals surface area contributed by atoms with Crippen LogP contribution in [0.3, 0.4) is 0 Å². The summed E-state index contributed by atoms with van der Waals surface area (Å²) in [6.45, 7) is 4.25. The number of hydrogen-bond acceptors (Lipinski definition) is 3. The van der Waals surface area contributed by atoms with E-state index in [2.05, 4.69) is 6.92 Å². The summed E-state index contributed by atoms with van der Waals surface area (Å²) in [7, 11) is 0. The van der Waals surface area contributed by atoms with E-state index in [0.717, 1.165) is 25.7 Å².